The third-order valence-corrected chi connectivity index (χ3v) is 2.14. The first kappa shape index (κ1) is 15.9. The molecule has 112 valence electrons. The zero-order valence-corrected chi connectivity index (χ0v) is 12.1. The Labute approximate surface area is 118 Å². The molecule has 2 N–H and O–H groups in total. The molecule has 20 heavy (non-hydrogen) atoms. The highest BCUT2D eigenvalue weighted by Gasteiger charge is 2.07. The van der Waals surface area contributed by atoms with Crippen molar-refractivity contribution in [3.63, 3.8) is 0 Å². The summed E-state index contributed by atoms with van der Waals surface area (Å²) in [5, 5.41) is 5.94. The molecule has 0 fully saturated rings. The molecule has 0 unspecified atom stereocenters. The van der Waals surface area contributed by atoms with Gasteiger partial charge in [-0.05, 0) is 20.8 Å². The van der Waals surface area contributed by atoms with Gasteiger partial charge in [0.05, 0.1) is 19.6 Å². The predicted octanol–water partition coefficient (Wildman–Crippen LogP) is 1.07. The molecule has 0 aliphatic heterocycles. The lowest BCUT2D eigenvalue weighted by Gasteiger charge is -2.09. The van der Waals surface area contributed by atoms with Gasteiger partial charge in [-0.2, -0.15) is 15.0 Å². The van der Waals surface area contributed by atoms with Gasteiger partial charge in [-0.25, -0.2) is 0 Å². The number of rotatable bonds is 9. The lowest BCUT2D eigenvalue weighted by atomic mass is 10.4. The van der Waals surface area contributed by atoms with Gasteiger partial charge < -0.3 is 20.1 Å². The second-order valence-electron chi connectivity index (χ2n) is 3.71. The minimum absolute atomic E-state index is 0.247. The molecule has 0 radical (unpaired) electrons. The topological polar surface area (TPSA) is 98.3 Å². The van der Waals surface area contributed by atoms with E-state index in [1.807, 2.05) is 13.8 Å². The van der Waals surface area contributed by atoms with Crippen LogP contribution >= 0.6 is 0 Å². The summed E-state index contributed by atoms with van der Waals surface area (Å²) >= 11 is 0. The predicted molar refractivity (Wildman–Crippen MR) is 74.9 cm³/mol. The third-order valence-electron chi connectivity index (χ3n) is 2.14. The van der Waals surface area contributed by atoms with E-state index in [1.54, 1.807) is 6.92 Å². The maximum Gasteiger partial charge on any atom is 0.323 e. The monoisotopic (exact) mass is 283 g/mol. The molecule has 0 atom stereocenters. The van der Waals surface area contributed by atoms with Crippen molar-refractivity contribution in [1.82, 2.24) is 15.0 Å². The molecule has 0 amide bonds. The van der Waals surface area contributed by atoms with E-state index < -0.39 is 0 Å². The van der Waals surface area contributed by atoms with Crippen molar-refractivity contribution in [2.45, 2.75) is 27.2 Å². The number of nitrogens with one attached hydrogen (secondary N) is 2. The van der Waals surface area contributed by atoms with Gasteiger partial charge >= 0.3 is 12.0 Å². The van der Waals surface area contributed by atoms with Crippen LogP contribution in [0, 0.1) is 0 Å². The van der Waals surface area contributed by atoms with Gasteiger partial charge in [0.2, 0.25) is 11.9 Å². The van der Waals surface area contributed by atoms with Crippen molar-refractivity contribution in [3.05, 3.63) is 0 Å². The molecule has 0 bridgehead atoms. The van der Waals surface area contributed by atoms with Crippen LogP contribution in [0.15, 0.2) is 0 Å². The fraction of sp³-hybridized carbons (Fsp3) is 0.667. The Kier molecular flexibility index (Phi) is 7.08. The minimum Gasteiger partial charge on any atom is -0.466 e. The summed E-state index contributed by atoms with van der Waals surface area (Å²) in [5.74, 6) is 0.541. The molecule has 0 aliphatic carbocycles. The van der Waals surface area contributed by atoms with Gasteiger partial charge in [0.25, 0.3) is 0 Å². The van der Waals surface area contributed by atoms with Crippen LogP contribution in [0.2, 0.25) is 0 Å². The van der Waals surface area contributed by atoms with E-state index in [0.29, 0.717) is 38.2 Å². The lowest BCUT2D eigenvalue weighted by molar-refractivity contribution is -0.142. The summed E-state index contributed by atoms with van der Waals surface area (Å²) in [6.45, 7) is 7.50. The van der Waals surface area contributed by atoms with Crippen molar-refractivity contribution in [3.8, 4) is 6.01 Å². The Morgan fingerprint density at radius 2 is 1.75 bits per heavy atom. The van der Waals surface area contributed by atoms with Gasteiger partial charge in [-0.1, -0.05) is 0 Å². The van der Waals surface area contributed by atoms with Gasteiger partial charge in [-0.3, -0.25) is 4.79 Å². The number of anilines is 2. The average Bonchev–Trinajstić information content (AvgIpc) is 2.39. The quantitative estimate of drug-likeness (QED) is 0.649. The molecular formula is C12H21N5O3. The highest BCUT2D eigenvalue weighted by atomic mass is 16.5. The van der Waals surface area contributed by atoms with E-state index in [9.17, 15) is 4.79 Å². The van der Waals surface area contributed by atoms with E-state index in [0.717, 1.165) is 0 Å². The van der Waals surface area contributed by atoms with Crippen molar-refractivity contribution in [2.24, 2.45) is 0 Å². The molecule has 1 rings (SSSR count). The molecule has 0 saturated heterocycles. The maximum atomic E-state index is 11.2. The number of hydrogen-bond donors (Lipinski definition) is 2. The highest BCUT2D eigenvalue weighted by Crippen LogP contribution is 2.11. The summed E-state index contributed by atoms with van der Waals surface area (Å²) in [4.78, 5) is 23.6. The van der Waals surface area contributed by atoms with Crippen LogP contribution in [-0.2, 0) is 9.53 Å². The molecule has 1 aromatic rings. The van der Waals surface area contributed by atoms with Crippen molar-refractivity contribution >= 4 is 17.9 Å². The van der Waals surface area contributed by atoms with Crippen LogP contribution < -0.4 is 15.4 Å². The van der Waals surface area contributed by atoms with Crippen molar-refractivity contribution < 1.29 is 14.3 Å². The number of ether oxygens (including phenoxy) is 2. The number of carbonyl (C=O) groups excluding carboxylic acids is 1. The van der Waals surface area contributed by atoms with Gasteiger partial charge in [-0.15, -0.1) is 0 Å². The lowest BCUT2D eigenvalue weighted by Crippen LogP contribution is -2.14. The van der Waals surface area contributed by atoms with Crippen LogP contribution in [0.4, 0.5) is 11.9 Å². The molecule has 8 nitrogen and oxygen atoms in total. The van der Waals surface area contributed by atoms with E-state index in [-0.39, 0.29) is 18.4 Å². The fourth-order valence-corrected chi connectivity index (χ4v) is 1.38. The number of nitrogens with zero attached hydrogens (tertiary/aromatic N) is 3. The summed E-state index contributed by atoms with van der Waals surface area (Å²) < 4.78 is 10.1. The van der Waals surface area contributed by atoms with Gasteiger partial charge in [0.15, 0.2) is 0 Å². The van der Waals surface area contributed by atoms with Crippen LogP contribution in [0.25, 0.3) is 0 Å². The SMILES string of the molecule is CCNc1nc(NCCC(=O)OCC)nc(OCC)n1. The Morgan fingerprint density at radius 1 is 1.05 bits per heavy atom. The van der Waals surface area contributed by atoms with E-state index in [1.165, 1.54) is 0 Å². The summed E-state index contributed by atoms with van der Waals surface area (Å²) in [7, 11) is 0. The zero-order valence-electron chi connectivity index (χ0n) is 12.1. The van der Waals surface area contributed by atoms with Crippen LogP contribution in [0.1, 0.15) is 27.2 Å². The summed E-state index contributed by atoms with van der Waals surface area (Å²) in [6.07, 6.45) is 0.250. The normalized spacial score (nSPS) is 9.95. The molecule has 8 heteroatoms. The van der Waals surface area contributed by atoms with Crippen molar-refractivity contribution in [2.75, 3.05) is 36.9 Å². The summed E-state index contributed by atoms with van der Waals surface area (Å²) in [6, 6.07) is 0.247. The minimum atomic E-state index is -0.258. The number of carbonyl (C=O) groups is 1. The Bertz CT molecular complexity index is 403. The second-order valence-corrected chi connectivity index (χ2v) is 3.71. The van der Waals surface area contributed by atoms with Crippen LogP contribution in [-0.4, -0.2) is 47.2 Å². The van der Waals surface area contributed by atoms with Crippen molar-refractivity contribution in [1.29, 1.82) is 0 Å². The van der Waals surface area contributed by atoms with Crippen LogP contribution in [0.5, 0.6) is 6.01 Å². The molecule has 0 aromatic carbocycles. The number of hydrogen-bond acceptors (Lipinski definition) is 8. The summed E-state index contributed by atoms with van der Waals surface area (Å²) in [5.41, 5.74) is 0. The molecule has 0 aliphatic rings. The molecule has 1 heterocycles. The fourth-order valence-electron chi connectivity index (χ4n) is 1.38. The number of aromatic nitrogens is 3. The van der Waals surface area contributed by atoms with E-state index >= 15 is 0 Å². The Balaban J connectivity index is 2.60. The maximum absolute atomic E-state index is 11.2. The second kappa shape index (κ2) is 8.89. The standard InChI is InChI=1S/C12H21N5O3/c1-4-13-10-15-11(17-12(16-10)20-6-3)14-8-7-9(18)19-5-2/h4-8H2,1-3H3,(H2,13,14,15,16,17). The first-order valence-corrected chi connectivity index (χ1v) is 6.71. The average molecular weight is 283 g/mol. The van der Waals surface area contributed by atoms with Gasteiger partial charge in [0, 0.05) is 13.1 Å². The molecule has 1 aromatic heterocycles. The Hall–Kier alpha value is -2.12. The first-order valence-electron chi connectivity index (χ1n) is 6.71. The highest BCUT2D eigenvalue weighted by molar-refractivity contribution is 5.69. The Morgan fingerprint density at radius 3 is 2.35 bits per heavy atom. The molecule has 0 spiro atoms. The third kappa shape index (κ3) is 5.68. The van der Waals surface area contributed by atoms with E-state index in [4.69, 9.17) is 9.47 Å². The smallest absolute Gasteiger partial charge is 0.323 e. The number of esters is 1. The van der Waals surface area contributed by atoms with Gasteiger partial charge in [0.1, 0.15) is 0 Å². The zero-order chi connectivity index (χ0) is 14.8. The van der Waals surface area contributed by atoms with Crippen LogP contribution in [0.3, 0.4) is 0 Å². The molecule has 0 saturated carbocycles. The first-order chi connectivity index (χ1) is 9.69. The molecular weight excluding hydrogens is 262 g/mol. The largest absolute Gasteiger partial charge is 0.466 e. The van der Waals surface area contributed by atoms with E-state index in [2.05, 4.69) is 25.6 Å².